The first-order valence-corrected chi connectivity index (χ1v) is 12.1. The third-order valence-corrected chi connectivity index (χ3v) is 3.63. The SMILES string of the molecule is Cc1ccc(N=Cc2cccc(-c3cc(F)cc(F)c3)c2O)cc1.[Cl][Ti][Cl]. The second kappa shape index (κ2) is 10.6. The normalized spacial score (nSPS) is 10.4. The Morgan fingerprint density at radius 2 is 1.56 bits per heavy atom. The molecule has 0 aliphatic heterocycles. The summed E-state index contributed by atoms with van der Waals surface area (Å²) in [7, 11) is 9.78. The molecular formula is C20H15Cl2F2NOTi. The number of rotatable bonds is 3. The first kappa shape index (κ1) is 21.6. The average molecular weight is 442 g/mol. The molecule has 0 atom stereocenters. The summed E-state index contributed by atoms with van der Waals surface area (Å²) in [5, 5.41) is 10.4. The van der Waals surface area contributed by atoms with Crippen LogP contribution in [0.5, 0.6) is 5.75 Å². The molecule has 0 radical (unpaired) electrons. The van der Waals surface area contributed by atoms with Gasteiger partial charge in [-0.25, -0.2) is 8.78 Å². The fraction of sp³-hybridized carbons (Fsp3) is 0.0500. The summed E-state index contributed by atoms with van der Waals surface area (Å²) in [6.07, 6.45) is 1.53. The van der Waals surface area contributed by atoms with Gasteiger partial charge in [-0.2, -0.15) is 0 Å². The number of hydrogen-bond acceptors (Lipinski definition) is 2. The van der Waals surface area contributed by atoms with Crippen molar-refractivity contribution >= 4 is 30.5 Å². The van der Waals surface area contributed by atoms with Crippen molar-refractivity contribution in [2.45, 2.75) is 6.92 Å². The van der Waals surface area contributed by atoms with Crippen molar-refractivity contribution < 1.29 is 30.9 Å². The Morgan fingerprint density at radius 3 is 2.15 bits per heavy atom. The van der Waals surface area contributed by atoms with Gasteiger partial charge in [-0.3, -0.25) is 4.99 Å². The van der Waals surface area contributed by atoms with E-state index in [0.717, 1.165) is 17.3 Å². The van der Waals surface area contributed by atoms with Gasteiger partial charge in [-0.05, 0) is 42.8 Å². The molecule has 0 saturated carbocycles. The first-order valence-electron chi connectivity index (χ1n) is 7.80. The van der Waals surface area contributed by atoms with E-state index < -0.39 is 28.7 Å². The molecule has 3 aromatic carbocycles. The third kappa shape index (κ3) is 6.44. The van der Waals surface area contributed by atoms with Crippen molar-refractivity contribution in [2.75, 3.05) is 0 Å². The van der Waals surface area contributed by atoms with Gasteiger partial charge < -0.3 is 5.11 Å². The molecule has 3 aromatic rings. The van der Waals surface area contributed by atoms with Crippen molar-refractivity contribution in [3.05, 3.63) is 83.4 Å². The molecule has 7 heteroatoms. The van der Waals surface area contributed by atoms with E-state index in [4.69, 9.17) is 18.6 Å². The number of aromatic hydroxyl groups is 1. The van der Waals surface area contributed by atoms with Gasteiger partial charge in [0.2, 0.25) is 0 Å². The van der Waals surface area contributed by atoms with E-state index >= 15 is 0 Å². The average Bonchev–Trinajstić information content (AvgIpc) is 2.62. The van der Waals surface area contributed by atoms with E-state index in [0.29, 0.717) is 11.1 Å². The molecule has 0 aliphatic carbocycles. The van der Waals surface area contributed by atoms with Gasteiger partial charge in [0.15, 0.2) is 0 Å². The molecule has 138 valence electrons. The zero-order chi connectivity index (χ0) is 19.8. The van der Waals surface area contributed by atoms with Crippen LogP contribution in [0.25, 0.3) is 11.1 Å². The maximum absolute atomic E-state index is 13.4. The Balaban J connectivity index is 0.000000817. The summed E-state index contributed by atoms with van der Waals surface area (Å²) < 4.78 is 26.8. The van der Waals surface area contributed by atoms with E-state index in [1.54, 1.807) is 18.2 Å². The number of aryl methyl sites for hydroxylation is 1. The number of aliphatic imine (C=N–C) groups is 1. The van der Waals surface area contributed by atoms with Crippen LogP contribution in [0, 0.1) is 18.6 Å². The van der Waals surface area contributed by atoms with Crippen LogP contribution in [0.3, 0.4) is 0 Å². The van der Waals surface area contributed by atoms with Crippen molar-refractivity contribution in [2.24, 2.45) is 4.99 Å². The Labute approximate surface area is 173 Å². The Kier molecular flexibility index (Phi) is 8.45. The van der Waals surface area contributed by atoms with Gasteiger partial charge in [0, 0.05) is 23.4 Å². The van der Waals surface area contributed by atoms with Crippen LogP contribution in [-0.2, 0) is 17.0 Å². The second-order valence-electron chi connectivity index (χ2n) is 5.57. The molecule has 3 rings (SSSR count). The minimum atomic E-state index is -0.692. The maximum atomic E-state index is 13.4. The standard InChI is InChI=1S/C20H15F2NO.2ClH.Ti/c1-13-5-7-18(8-6-13)23-12-14-3-2-4-19(20(14)24)15-9-16(21)11-17(22)10-15;;;/h2-12,24H,1H3;2*1H;/q;;;+2/p-2. The Hall–Kier alpha value is -1.72. The van der Waals surface area contributed by atoms with E-state index in [1.165, 1.54) is 18.3 Å². The van der Waals surface area contributed by atoms with Gasteiger partial charge in [0.05, 0.1) is 5.69 Å². The minimum absolute atomic E-state index is 0.0710. The summed E-state index contributed by atoms with van der Waals surface area (Å²) in [5.74, 6) is -1.45. The van der Waals surface area contributed by atoms with Crippen LogP contribution in [0.15, 0.2) is 65.7 Å². The molecule has 0 aliphatic rings. The Morgan fingerprint density at radius 1 is 0.963 bits per heavy atom. The monoisotopic (exact) mass is 441 g/mol. The molecule has 0 bridgehead atoms. The van der Waals surface area contributed by atoms with E-state index in [1.807, 2.05) is 31.2 Å². The molecule has 0 heterocycles. The number of phenols is 1. The van der Waals surface area contributed by atoms with Crippen LogP contribution in [-0.4, -0.2) is 11.3 Å². The van der Waals surface area contributed by atoms with Crippen LogP contribution >= 0.6 is 18.6 Å². The van der Waals surface area contributed by atoms with Gasteiger partial charge in [-0.1, -0.05) is 29.8 Å². The van der Waals surface area contributed by atoms with Crippen molar-refractivity contribution in [3.63, 3.8) is 0 Å². The molecule has 0 aromatic heterocycles. The number of halogens is 4. The molecule has 0 unspecified atom stereocenters. The fourth-order valence-electron chi connectivity index (χ4n) is 2.38. The molecule has 0 fully saturated rings. The number of phenolic OH excluding ortho intramolecular Hbond substituents is 1. The molecule has 1 N–H and O–H groups in total. The zero-order valence-electron chi connectivity index (χ0n) is 14.3. The van der Waals surface area contributed by atoms with Crippen LogP contribution in [0.2, 0.25) is 0 Å². The predicted octanol–water partition coefficient (Wildman–Crippen LogP) is 6.77. The zero-order valence-corrected chi connectivity index (χ0v) is 17.3. The quantitative estimate of drug-likeness (QED) is 0.353. The van der Waals surface area contributed by atoms with Crippen LogP contribution in [0.4, 0.5) is 14.5 Å². The molecule has 27 heavy (non-hydrogen) atoms. The van der Waals surface area contributed by atoms with Gasteiger partial charge in [0.25, 0.3) is 0 Å². The number of nitrogens with zero attached hydrogens (tertiary/aromatic N) is 1. The van der Waals surface area contributed by atoms with Crippen molar-refractivity contribution in [1.82, 2.24) is 0 Å². The van der Waals surface area contributed by atoms with E-state index in [9.17, 15) is 13.9 Å². The summed E-state index contributed by atoms with van der Waals surface area (Å²) in [4.78, 5) is 4.32. The van der Waals surface area contributed by atoms with Crippen LogP contribution < -0.4 is 0 Å². The summed E-state index contributed by atoms with van der Waals surface area (Å²) in [6, 6.07) is 15.8. The fourth-order valence-corrected chi connectivity index (χ4v) is 2.38. The third-order valence-electron chi connectivity index (χ3n) is 3.63. The number of hydrogen-bond donors (Lipinski definition) is 1. The first-order chi connectivity index (χ1) is 12.9. The summed E-state index contributed by atoms with van der Waals surface area (Å²) >= 11 is -0.556. The van der Waals surface area contributed by atoms with Crippen molar-refractivity contribution in [1.29, 1.82) is 0 Å². The van der Waals surface area contributed by atoms with E-state index in [-0.39, 0.29) is 11.3 Å². The van der Waals surface area contributed by atoms with Crippen molar-refractivity contribution in [3.8, 4) is 16.9 Å². The predicted molar refractivity (Wildman–Crippen MR) is 104 cm³/mol. The molecule has 0 amide bonds. The molecular weight excluding hydrogens is 427 g/mol. The number of para-hydroxylation sites is 1. The number of benzene rings is 3. The van der Waals surface area contributed by atoms with E-state index in [2.05, 4.69) is 4.99 Å². The second-order valence-corrected chi connectivity index (χ2v) is 8.15. The molecule has 0 spiro atoms. The topological polar surface area (TPSA) is 32.6 Å². The van der Waals surface area contributed by atoms with Crippen LogP contribution in [0.1, 0.15) is 11.1 Å². The molecule has 0 saturated heterocycles. The van der Waals surface area contributed by atoms with Gasteiger partial charge >= 0.3 is 35.6 Å². The molecule has 2 nitrogen and oxygen atoms in total. The summed E-state index contributed by atoms with van der Waals surface area (Å²) in [5.41, 5.74) is 2.98. The van der Waals surface area contributed by atoms with Gasteiger partial charge in [0.1, 0.15) is 17.4 Å². The Bertz CT molecular complexity index is 914. The van der Waals surface area contributed by atoms with Gasteiger partial charge in [-0.15, -0.1) is 0 Å². The summed E-state index contributed by atoms with van der Waals surface area (Å²) in [6.45, 7) is 1.99.